The van der Waals surface area contributed by atoms with Crippen LogP contribution in [-0.4, -0.2) is 22.8 Å². The molecule has 130 valence electrons. The molecule has 5 heteroatoms. The van der Waals surface area contributed by atoms with Crippen molar-refractivity contribution in [2.75, 3.05) is 5.32 Å². The van der Waals surface area contributed by atoms with Crippen molar-refractivity contribution in [3.63, 3.8) is 0 Å². The molecule has 1 aromatic heterocycles. The highest BCUT2D eigenvalue weighted by atomic mass is 16.2. The Bertz CT molecular complexity index is 750. The van der Waals surface area contributed by atoms with Gasteiger partial charge in [0.05, 0.1) is 0 Å². The third-order valence-corrected chi connectivity index (χ3v) is 4.46. The van der Waals surface area contributed by atoms with E-state index in [1.165, 1.54) is 6.42 Å². The van der Waals surface area contributed by atoms with Crippen LogP contribution in [0.4, 0.5) is 5.69 Å². The van der Waals surface area contributed by atoms with Crippen LogP contribution < -0.4 is 10.6 Å². The zero-order valence-corrected chi connectivity index (χ0v) is 14.4. The maximum atomic E-state index is 12.4. The topological polar surface area (TPSA) is 71.1 Å². The molecule has 2 amide bonds. The summed E-state index contributed by atoms with van der Waals surface area (Å²) in [5.41, 5.74) is 2.34. The minimum atomic E-state index is -0.323. The Morgan fingerprint density at radius 3 is 2.24 bits per heavy atom. The van der Waals surface area contributed by atoms with Crippen LogP contribution in [0, 0.1) is 6.92 Å². The molecule has 5 nitrogen and oxygen atoms in total. The van der Waals surface area contributed by atoms with Gasteiger partial charge in [-0.25, -0.2) is 4.98 Å². The van der Waals surface area contributed by atoms with E-state index in [0.717, 1.165) is 31.2 Å². The molecule has 0 bridgehead atoms. The maximum Gasteiger partial charge on any atom is 0.274 e. The maximum absolute atomic E-state index is 12.4. The van der Waals surface area contributed by atoms with Gasteiger partial charge in [-0.15, -0.1) is 0 Å². The summed E-state index contributed by atoms with van der Waals surface area (Å²) in [7, 11) is 0. The molecule has 0 aliphatic heterocycles. The van der Waals surface area contributed by atoms with Gasteiger partial charge in [0.2, 0.25) is 0 Å². The third-order valence-electron chi connectivity index (χ3n) is 4.46. The first kappa shape index (κ1) is 17.1. The second-order valence-corrected chi connectivity index (χ2v) is 6.54. The number of hydrogen-bond acceptors (Lipinski definition) is 3. The first-order valence-corrected chi connectivity index (χ1v) is 8.78. The minimum Gasteiger partial charge on any atom is -0.348 e. The van der Waals surface area contributed by atoms with Gasteiger partial charge < -0.3 is 10.6 Å². The Morgan fingerprint density at radius 2 is 1.56 bits per heavy atom. The van der Waals surface area contributed by atoms with Crippen LogP contribution >= 0.6 is 0 Å². The Kier molecular flexibility index (Phi) is 5.43. The third kappa shape index (κ3) is 4.66. The molecule has 25 heavy (non-hydrogen) atoms. The number of carbonyl (C=O) groups is 2. The minimum absolute atomic E-state index is 0.211. The van der Waals surface area contributed by atoms with Crippen LogP contribution in [0.25, 0.3) is 0 Å². The summed E-state index contributed by atoms with van der Waals surface area (Å²) >= 11 is 0. The number of anilines is 1. The fourth-order valence-electron chi connectivity index (χ4n) is 3.03. The number of nitrogens with one attached hydrogen (secondary N) is 2. The molecule has 0 spiro atoms. The van der Waals surface area contributed by atoms with Gasteiger partial charge in [0.1, 0.15) is 11.4 Å². The zero-order chi connectivity index (χ0) is 17.6. The summed E-state index contributed by atoms with van der Waals surface area (Å²) in [6.07, 6.45) is 5.56. The monoisotopic (exact) mass is 337 g/mol. The number of aromatic nitrogens is 1. The molecule has 1 fully saturated rings. The molecule has 1 aliphatic carbocycles. The van der Waals surface area contributed by atoms with Crippen molar-refractivity contribution in [2.45, 2.75) is 45.1 Å². The van der Waals surface area contributed by atoms with Crippen molar-refractivity contribution in [2.24, 2.45) is 0 Å². The lowest BCUT2D eigenvalue weighted by atomic mass is 9.95. The van der Waals surface area contributed by atoms with Crippen LogP contribution in [-0.2, 0) is 0 Å². The van der Waals surface area contributed by atoms with Crippen LogP contribution in [0.3, 0.4) is 0 Å². The standard InChI is InChI=1S/C20H23N3O2/c1-14-10-12-16(13-11-14)22-20(25)18-9-5-8-17(23-18)19(24)21-15-6-3-2-4-7-15/h5,8-13,15H,2-4,6-7H2,1H3,(H,21,24)(H,22,25). The predicted molar refractivity (Wildman–Crippen MR) is 97.7 cm³/mol. The van der Waals surface area contributed by atoms with Gasteiger partial charge in [0.15, 0.2) is 0 Å². The van der Waals surface area contributed by atoms with Crippen molar-refractivity contribution in [1.29, 1.82) is 0 Å². The van der Waals surface area contributed by atoms with E-state index in [9.17, 15) is 9.59 Å². The first-order chi connectivity index (χ1) is 12.1. The first-order valence-electron chi connectivity index (χ1n) is 8.78. The number of carbonyl (C=O) groups excluding carboxylic acids is 2. The Morgan fingerprint density at radius 1 is 0.920 bits per heavy atom. The summed E-state index contributed by atoms with van der Waals surface area (Å²) in [5.74, 6) is -0.534. The molecule has 0 atom stereocenters. The summed E-state index contributed by atoms with van der Waals surface area (Å²) in [6.45, 7) is 1.99. The molecule has 2 aromatic rings. The van der Waals surface area contributed by atoms with Gasteiger partial charge in [-0.1, -0.05) is 43.0 Å². The molecule has 2 N–H and O–H groups in total. The number of rotatable bonds is 4. The lowest BCUT2D eigenvalue weighted by molar-refractivity contribution is 0.0922. The van der Waals surface area contributed by atoms with Crippen molar-refractivity contribution < 1.29 is 9.59 Å². The summed E-state index contributed by atoms with van der Waals surface area (Å²) in [5, 5.41) is 5.82. The van der Waals surface area contributed by atoms with Gasteiger partial charge in [-0.05, 0) is 44.0 Å². The van der Waals surface area contributed by atoms with Gasteiger partial charge in [0.25, 0.3) is 11.8 Å². The molecular formula is C20H23N3O2. The molecule has 1 aromatic carbocycles. The quantitative estimate of drug-likeness (QED) is 0.893. The van der Waals surface area contributed by atoms with E-state index < -0.39 is 0 Å². The van der Waals surface area contributed by atoms with E-state index in [-0.39, 0.29) is 29.2 Å². The highest BCUT2D eigenvalue weighted by molar-refractivity contribution is 6.03. The van der Waals surface area contributed by atoms with E-state index >= 15 is 0 Å². The van der Waals surface area contributed by atoms with Gasteiger partial charge in [-0.3, -0.25) is 9.59 Å². The molecule has 1 heterocycles. The number of hydrogen-bond donors (Lipinski definition) is 2. The lowest BCUT2D eigenvalue weighted by Gasteiger charge is -2.22. The van der Waals surface area contributed by atoms with Crippen LogP contribution in [0.1, 0.15) is 58.6 Å². The van der Waals surface area contributed by atoms with E-state index in [4.69, 9.17) is 0 Å². The molecule has 3 rings (SSSR count). The number of amides is 2. The van der Waals surface area contributed by atoms with Crippen molar-refractivity contribution in [3.05, 3.63) is 59.4 Å². The molecule has 0 saturated heterocycles. The second-order valence-electron chi connectivity index (χ2n) is 6.54. The van der Waals surface area contributed by atoms with Crippen molar-refractivity contribution in [3.8, 4) is 0 Å². The van der Waals surface area contributed by atoms with Crippen LogP contribution in [0.15, 0.2) is 42.5 Å². The van der Waals surface area contributed by atoms with Crippen LogP contribution in [0.5, 0.6) is 0 Å². The number of benzene rings is 1. The molecule has 1 aliphatic rings. The zero-order valence-electron chi connectivity index (χ0n) is 14.4. The average molecular weight is 337 g/mol. The van der Waals surface area contributed by atoms with E-state index in [0.29, 0.717) is 5.69 Å². The van der Waals surface area contributed by atoms with E-state index in [2.05, 4.69) is 15.6 Å². The van der Waals surface area contributed by atoms with E-state index in [1.54, 1.807) is 18.2 Å². The van der Waals surface area contributed by atoms with Gasteiger partial charge in [0, 0.05) is 11.7 Å². The Balaban J connectivity index is 1.66. The fourth-order valence-corrected chi connectivity index (χ4v) is 3.03. The Labute approximate surface area is 147 Å². The SMILES string of the molecule is Cc1ccc(NC(=O)c2cccc(C(=O)NC3CCCCC3)n2)cc1. The summed E-state index contributed by atoms with van der Waals surface area (Å²) < 4.78 is 0. The average Bonchev–Trinajstić information content (AvgIpc) is 2.64. The normalized spacial score (nSPS) is 14.8. The van der Waals surface area contributed by atoms with Gasteiger partial charge >= 0.3 is 0 Å². The molecule has 0 radical (unpaired) electrons. The Hall–Kier alpha value is -2.69. The van der Waals surface area contributed by atoms with Gasteiger partial charge in [-0.2, -0.15) is 0 Å². The van der Waals surface area contributed by atoms with Crippen LogP contribution in [0.2, 0.25) is 0 Å². The number of pyridine rings is 1. The molecule has 0 unspecified atom stereocenters. The van der Waals surface area contributed by atoms with E-state index in [1.807, 2.05) is 31.2 Å². The second kappa shape index (κ2) is 7.92. The largest absolute Gasteiger partial charge is 0.348 e. The smallest absolute Gasteiger partial charge is 0.274 e. The number of nitrogens with zero attached hydrogens (tertiary/aromatic N) is 1. The highest BCUT2D eigenvalue weighted by Crippen LogP contribution is 2.18. The molecular weight excluding hydrogens is 314 g/mol. The summed E-state index contributed by atoms with van der Waals surface area (Å²) in [6, 6.07) is 12.7. The summed E-state index contributed by atoms with van der Waals surface area (Å²) in [4.78, 5) is 29.0. The lowest BCUT2D eigenvalue weighted by Crippen LogP contribution is -2.36. The fraction of sp³-hybridized carbons (Fsp3) is 0.350. The highest BCUT2D eigenvalue weighted by Gasteiger charge is 2.18. The number of aryl methyl sites for hydroxylation is 1. The van der Waals surface area contributed by atoms with Crippen molar-refractivity contribution >= 4 is 17.5 Å². The molecule has 1 saturated carbocycles. The van der Waals surface area contributed by atoms with Crippen molar-refractivity contribution in [1.82, 2.24) is 10.3 Å². The predicted octanol–water partition coefficient (Wildman–Crippen LogP) is 3.70.